The van der Waals surface area contributed by atoms with E-state index in [1.807, 2.05) is 0 Å². The number of para-hydroxylation sites is 3. The van der Waals surface area contributed by atoms with Gasteiger partial charge in [-0.1, -0.05) is 125 Å². The van der Waals surface area contributed by atoms with E-state index in [0.29, 0.717) is 0 Å². The minimum absolute atomic E-state index is 0.243. The highest BCUT2D eigenvalue weighted by molar-refractivity contribution is 6.10. The molecule has 0 spiro atoms. The molecule has 1 aliphatic rings. The predicted molar refractivity (Wildman–Crippen MR) is 216 cm³/mol. The Morgan fingerprint density at radius 1 is 0.680 bits per heavy atom. The first kappa shape index (κ1) is 31.7. The first-order valence-corrected chi connectivity index (χ1v) is 18.0. The average Bonchev–Trinajstić information content (AvgIpc) is 3.60. The van der Waals surface area contributed by atoms with Crippen LogP contribution >= 0.6 is 0 Å². The highest BCUT2D eigenvalue weighted by Gasteiger charge is 2.39. The summed E-state index contributed by atoms with van der Waals surface area (Å²) in [6, 6.07) is 47.0. The fraction of sp³-hybridized carbons (Fsp3) is 0.167. The molecule has 0 atom stereocenters. The number of fused-ring (bicyclic) bond motifs is 6. The van der Waals surface area contributed by atoms with Gasteiger partial charge >= 0.3 is 0 Å². The molecule has 0 fully saturated rings. The Morgan fingerprint density at radius 3 is 1.94 bits per heavy atom. The maximum atomic E-state index is 4.42. The van der Waals surface area contributed by atoms with Crippen molar-refractivity contribution in [1.29, 1.82) is 0 Å². The Balaban J connectivity index is 1.33. The number of hydrogen-bond donors (Lipinski definition) is 0. The monoisotopic (exact) mass is 648 g/mol. The minimum Gasteiger partial charge on any atom is -0.310 e. The van der Waals surface area contributed by atoms with Crippen LogP contribution in [0, 0.1) is 0 Å². The van der Waals surface area contributed by atoms with Gasteiger partial charge in [-0.15, -0.1) is 0 Å². The summed E-state index contributed by atoms with van der Waals surface area (Å²) >= 11 is 0. The molecule has 50 heavy (non-hydrogen) atoms. The van der Waals surface area contributed by atoms with Crippen LogP contribution in [0.4, 0.5) is 17.1 Å². The molecule has 7 aromatic rings. The van der Waals surface area contributed by atoms with Crippen molar-refractivity contribution in [2.45, 2.75) is 52.4 Å². The van der Waals surface area contributed by atoms with Gasteiger partial charge in [-0.2, -0.15) is 0 Å². The third kappa shape index (κ3) is 5.01. The number of allylic oxidation sites excluding steroid dienone is 1. The predicted octanol–water partition coefficient (Wildman–Crippen LogP) is 13.6. The first-order chi connectivity index (χ1) is 24.5. The number of aryl methyl sites for hydroxylation is 1. The lowest BCUT2D eigenvalue weighted by molar-refractivity contribution is 0.660. The molecule has 0 bridgehead atoms. The third-order valence-corrected chi connectivity index (χ3v) is 10.6. The van der Waals surface area contributed by atoms with E-state index in [4.69, 9.17) is 0 Å². The van der Waals surface area contributed by atoms with Crippen molar-refractivity contribution >= 4 is 51.0 Å². The van der Waals surface area contributed by atoms with Gasteiger partial charge in [0.15, 0.2) is 0 Å². The van der Waals surface area contributed by atoms with Crippen molar-refractivity contribution < 1.29 is 0 Å². The molecule has 0 aliphatic heterocycles. The van der Waals surface area contributed by atoms with Crippen molar-refractivity contribution in [3.8, 4) is 16.8 Å². The highest BCUT2D eigenvalue weighted by Crippen LogP contribution is 2.54. The maximum absolute atomic E-state index is 4.42. The van der Waals surface area contributed by atoms with Gasteiger partial charge in [0.25, 0.3) is 0 Å². The number of nitrogens with zero attached hydrogens (tertiary/aromatic N) is 2. The van der Waals surface area contributed by atoms with Crippen LogP contribution in [-0.2, 0) is 11.8 Å². The molecule has 1 heterocycles. The second-order valence-electron chi connectivity index (χ2n) is 14.0. The SMILES string of the molecule is C=Cc1c(/C=C\C)c(-n2c3ccccc3c3ccccc32)cc2c1-c1ccc(N(c3ccccc3)c3ccc(CCCC)cc3)cc1C2(C)C. The number of anilines is 3. The number of aromatic nitrogens is 1. The van der Waals surface area contributed by atoms with Gasteiger partial charge in [-0.3, -0.25) is 0 Å². The van der Waals surface area contributed by atoms with Crippen molar-refractivity contribution in [3.63, 3.8) is 0 Å². The fourth-order valence-electron chi connectivity index (χ4n) is 8.18. The summed E-state index contributed by atoms with van der Waals surface area (Å²) in [5, 5.41) is 2.53. The van der Waals surface area contributed by atoms with E-state index >= 15 is 0 Å². The molecule has 0 saturated carbocycles. The number of hydrogen-bond acceptors (Lipinski definition) is 1. The van der Waals surface area contributed by atoms with Crippen LogP contribution in [0.15, 0.2) is 140 Å². The van der Waals surface area contributed by atoms with Gasteiger partial charge in [0.05, 0.1) is 16.7 Å². The first-order valence-electron chi connectivity index (χ1n) is 18.0. The van der Waals surface area contributed by atoms with E-state index in [1.54, 1.807) is 0 Å². The third-order valence-electron chi connectivity index (χ3n) is 10.6. The Labute approximate surface area is 296 Å². The zero-order valence-electron chi connectivity index (χ0n) is 29.6. The lowest BCUT2D eigenvalue weighted by Crippen LogP contribution is -2.17. The Morgan fingerprint density at radius 2 is 1.30 bits per heavy atom. The van der Waals surface area contributed by atoms with Crippen LogP contribution in [0.1, 0.15) is 68.4 Å². The molecule has 0 saturated heterocycles. The standard InChI is InChI=1S/C48H44N2/c1-6-9-18-33-25-27-35(28-26-33)49(34-19-11-10-12-20-34)36-29-30-41-42(31-36)48(4,5)43-32-46(38(17-7-2)37(8-3)47(41)43)50-44-23-15-13-21-39(44)40-22-14-16-24-45(40)50/h7-8,10-17,19-32H,3,6,9,18H2,1-2,4-5H3/b17-7-. The van der Waals surface area contributed by atoms with Gasteiger partial charge in [0.1, 0.15) is 0 Å². The lowest BCUT2D eigenvalue weighted by atomic mass is 9.81. The molecule has 2 nitrogen and oxygen atoms in total. The summed E-state index contributed by atoms with van der Waals surface area (Å²) in [5.74, 6) is 0. The van der Waals surface area contributed by atoms with Gasteiger partial charge in [0, 0.05) is 38.8 Å². The lowest BCUT2D eigenvalue weighted by Gasteiger charge is -2.28. The molecule has 246 valence electrons. The summed E-state index contributed by atoms with van der Waals surface area (Å²) in [5.41, 5.74) is 15.8. The maximum Gasteiger partial charge on any atom is 0.0543 e. The van der Waals surface area contributed by atoms with E-state index in [1.165, 1.54) is 85.0 Å². The number of unbranched alkanes of at least 4 members (excludes halogenated alkanes) is 1. The molecule has 0 radical (unpaired) electrons. The van der Waals surface area contributed by atoms with E-state index in [0.717, 1.165) is 17.8 Å². The molecule has 0 unspecified atom stereocenters. The van der Waals surface area contributed by atoms with E-state index < -0.39 is 0 Å². The molecule has 8 rings (SSSR count). The molecule has 0 amide bonds. The average molecular weight is 649 g/mol. The molecule has 0 N–H and O–H groups in total. The molecule has 1 aliphatic carbocycles. The van der Waals surface area contributed by atoms with Crippen molar-refractivity contribution in [3.05, 3.63) is 168 Å². The molecule has 1 aromatic heterocycles. The van der Waals surface area contributed by atoms with E-state index in [9.17, 15) is 0 Å². The topological polar surface area (TPSA) is 8.17 Å². The normalized spacial score (nSPS) is 13.2. The van der Waals surface area contributed by atoms with Gasteiger partial charge in [0.2, 0.25) is 0 Å². The Kier molecular flexibility index (Phi) is 8.04. The Hall–Kier alpha value is -5.60. The van der Waals surface area contributed by atoms with Gasteiger partial charge in [-0.25, -0.2) is 0 Å². The molecule has 2 heteroatoms. The number of rotatable bonds is 9. The van der Waals surface area contributed by atoms with E-state index in [-0.39, 0.29) is 5.41 Å². The van der Waals surface area contributed by atoms with Crippen LogP contribution in [0.25, 0.3) is 50.8 Å². The number of benzene rings is 6. The van der Waals surface area contributed by atoms with Gasteiger partial charge in [-0.05, 0) is 108 Å². The van der Waals surface area contributed by atoms with Crippen LogP contribution in [0.5, 0.6) is 0 Å². The van der Waals surface area contributed by atoms with Gasteiger partial charge < -0.3 is 9.47 Å². The van der Waals surface area contributed by atoms with Crippen LogP contribution < -0.4 is 4.90 Å². The van der Waals surface area contributed by atoms with Crippen molar-refractivity contribution in [1.82, 2.24) is 4.57 Å². The highest BCUT2D eigenvalue weighted by atomic mass is 15.1. The summed E-state index contributed by atoms with van der Waals surface area (Å²) in [6.07, 6.45) is 10.0. The largest absolute Gasteiger partial charge is 0.310 e. The van der Waals surface area contributed by atoms with Crippen LogP contribution in [0.3, 0.4) is 0 Å². The second-order valence-corrected chi connectivity index (χ2v) is 14.0. The molecular weight excluding hydrogens is 605 g/mol. The smallest absolute Gasteiger partial charge is 0.0543 e. The molecule has 6 aromatic carbocycles. The van der Waals surface area contributed by atoms with Crippen LogP contribution in [-0.4, -0.2) is 4.57 Å². The van der Waals surface area contributed by atoms with E-state index in [2.05, 4.69) is 189 Å². The quantitative estimate of drug-likeness (QED) is 0.151. The molecular formula is C48H44N2. The Bertz CT molecular complexity index is 2350. The second kappa shape index (κ2) is 12.7. The van der Waals surface area contributed by atoms with Crippen LogP contribution in [0.2, 0.25) is 0 Å². The van der Waals surface area contributed by atoms with Crippen molar-refractivity contribution in [2.75, 3.05) is 4.90 Å². The minimum atomic E-state index is -0.243. The fourth-order valence-corrected chi connectivity index (χ4v) is 8.18. The summed E-state index contributed by atoms with van der Waals surface area (Å²) in [6.45, 7) is 13.5. The summed E-state index contributed by atoms with van der Waals surface area (Å²) in [4.78, 5) is 2.39. The zero-order chi connectivity index (χ0) is 34.4. The summed E-state index contributed by atoms with van der Waals surface area (Å²) < 4.78 is 2.46. The summed E-state index contributed by atoms with van der Waals surface area (Å²) in [7, 11) is 0. The van der Waals surface area contributed by atoms with Crippen molar-refractivity contribution in [2.24, 2.45) is 0 Å². The zero-order valence-corrected chi connectivity index (χ0v) is 29.6.